The second-order valence-electron chi connectivity index (χ2n) is 3.72. The van der Waals surface area contributed by atoms with Gasteiger partial charge in [-0.2, -0.15) is 10.5 Å². The zero-order valence-corrected chi connectivity index (χ0v) is 10.3. The van der Waals surface area contributed by atoms with Crippen LogP contribution in [0.4, 0.5) is 0 Å². The molecular weight excluding hydrogens is 240 g/mol. The average molecular weight is 250 g/mol. The molecule has 0 saturated carbocycles. The van der Waals surface area contributed by atoms with Crippen molar-refractivity contribution in [1.82, 2.24) is 0 Å². The van der Waals surface area contributed by atoms with Crippen LogP contribution in [-0.2, 0) is 0 Å². The van der Waals surface area contributed by atoms with Gasteiger partial charge in [0.25, 0.3) is 0 Å². The highest BCUT2D eigenvalue weighted by molar-refractivity contribution is 5.48. The van der Waals surface area contributed by atoms with E-state index in [2.05, 4.69) is 6.07 Å². The Balaban J connectivity index is 2.39. The van der Waals surface area contributed by atoms with Crippen LogP contribution in [0.15, 0.2) is 42.5 Å². The summed E-state index contributed by atoms with van der Waals surface area (Å²) < 4.78 is 10.7. The molecule has 0 N–H and O–H groups in total. The molecule has 0 aliphatic carbocycles. The van der Waals surface area contributed by atoms with E-state index in [0.717, 1.165) is 0 Å². The molecule has 0 heterocycles. The summed E-state index contributed by atoms with van der Waals surface area (Å²) in [6, 6.07) is 15.9. The second kappa shape index (κ2) is 5.57. The first-order valence-electron chi connectivity index (χ1n) is 5.53. The van der Waals surface area contributed by atoms with E-state index >= 15 is 0 Å². The molecule has 0 aromatic heterocycles. The number of nitrogens with zero attached hydrogens (tertiary/aromatic N) is 2. The monoisotopic (exact) mass is 250 g/mol. The normalized spacial score (nSPS) is 9.21. The fourth-order valence-corrected chi connectivity index (χ4v) is 1.59. The number of hydrogen-bond donors (Lipinski definition) is 0. The third kappa shape index (κ3) is 2.83. The van der Waals surface area contributed by atoms with Crippen LogP contribution in [0.2, 0.25) is 0 Å². The van der Waals surface area contributed by atoms with Gasteiger partial charge in [0, 0.05) is 6.07 Å². The highest BCUT2D eigenvalue weighted by atomic mass is 16.5. The molecule has 0 saturated heterocycles. The van der Waals surface area contributed by atoms with E-state index in [9.17, 15) is 0 Å². The molecule has 0 atom stereocenters. The van der Waals surface area contributed by atoms with E-state index in [0.29, 0.717) is 28.4 Å². The van der Waals surface area contributed by atoms with E-state index in [1.54, 1.807) is 42.5 Å². The van der Waals surface area contributed by atoms with E-state index in [1.165, 1.54) is 7.11 Å². The van der Waals surface area contributed by atoms with Gasteiger partial charge >= 0.3 is 0 Å². The molecule has 19 heavy (non-hydrogen) atoms. The van der Waals surface area contributed by atoms with Crippen LogP contribution in [0, 0.1) is 22.7 Å². The number of methoxy groups -OCH3 is 1. The van der Waals surface area contributed by atoms with Crippen molar-refractivity contribution in [3.05, 3.63) is 53.6 Å². The fraction of sp³-hybridized carbons (Fsp3) is 0.0667. The first-order chi connectivity index (χ1) is 9.26. The van der Waals surface area contributed by atoms with Crippen LogP contribution in [0.5, 0.6) is 17.2 Å². The van der Waals surface area contributed by atoms with Crippen LogP contribution in [0.1, 0.15) is 11.1 Å². The average Bonchev–Trinajstić information content (AvgIpc) is 2.47. The highest BCUT2D eigenvalue weighted by Gasteiger charge is 2.06. The Morgan fingerprint density at radius 2 is 1.68 bits per heavy atom. The predicted molar refractivity (Wildman–Crippen MR) is 68.9 cm³/mol. The maximum Gasteiger partial charge on any atom is 0.145 e. The van der Waals surface area contributed by atoms with Gasteiger partial charge in [-0.05, 0) is 24.3 Å². The van der Waals surface area contributed by atoms with Crippen molar-refractivity contribution >= 4 is 0 Å². The van der Waals surface area contributed by atoms with Crippen LogP contribution in [0.25, 0.3) is 0 Å². The van der Waals surface area contributed by atoms with Crippen LogP contribution in [-0.4, -0.2) is 7.11 Å². The molecular formula is C15H10N2O2. The number of para-hydroxylation sites is 1. The van der Waals surface area contributed by atoms with Crippen molar-refractivity contribution < 1.29 is 9.47 Å². The predicted octanol–water partition coefficient (Wildman–Crippen LogP) is 3.23. The van der Waals surface area contributed by atoms with E-state index in [4.69, 9.17) is 20.0 Å². The smallest absolute Gasteiger partial charge is 0.145 e. The Labute approximate surface area is 111 Å². The number of hydrogen-bond acceptors (Lipinski definition) is 4. The van der Waals surface area contributed by atoms with Crippen molar-refractivity contribution in [3.8, 4) is 29.4 Å². The second-order valence-corrected chi connectivity index (χ2v) is 3.72. The lowest BCUT2D eigenvalue weighted by atomic mass is 10.2. The Morgan fingerprint density at radius 3 is 2.37 bits per heavy atom. The van der Waals surface area contributed by atoms with Crippen molar-refractivity contribution in [2.24, 2.45) is 0 Å². The molecule has 2 aromatic rings. The van der Waals surface area contributed by atoms with Gasteiger partial charge in [-0.1, -0.05) is 12.1 Å². The third-order valence-corrected chi connectivity index (χ3v) is 2.48. The molecule has 4 heteroatoms. The van der Waals surface area contributed by atoms with Crippen molar-refractivity contribution in [1.29, 1.82) is 10.5 Å². The van der Waals surface area contributed by atoms with E-state index in [1.807, 2.05) is 6.07 Å². The van der Waals surface area contributed by atoms with Gasteiger partial charge in [0.1, 0.15) is 23.3 Å². The number of benzene rings is 2. The Kier molecular flexibility index (Phi) is 3.66. The first-order valence-corrected chi connectivity index (χ1v) is 5.53. The van der Waals surface area contributed by atoms with Crippen LogP contribution >= 0.6 is 0 Å². The van der Waals surface area contributed by atoms with E-state index < -0.39 is 0 Å². The van der Waals surface area contributed by atoms with Gasteiger partial charge in [-0.3, -0.25) is 0 Å². The lowest BCUT2D eigenvalue weighted by Crippen LogP contribution is -1.91. The molecule has 0 bridgehead atoms. The topological polar surface area (TPSA) is 66.0 Å². The van der Waals surface area contributed by atoms with Gasteiger partial charge < -0.3 is 9.47 Å². The maximum absolute atomic E-state index is 8.99. The Morgan fingerprint density at radius 1 is 0.947 bits per heavy atom. The lowest BCUT2D eigenvalue weighted by Gasteiger charge is -2.09. The van der Waals surface area contributed by atoms with Gasteiger partial charge in [-0.15, -0.1) is 0 Å². The quantitative estimate of drug-likeness (QED) is 0.838. The van der Waals surface area contributed by atoms with E-state index in [-0.39, 0.29) is 0 Å². The SMILES string of the molecule is COc1cc(C#N)cc(Oc2ccccc2C#N)c1. The minimum absolute atomic E-state index is 0.434. The standard InChI is InChI=1S/C15H10N2O2/c1-18-13-6-11(9-16)7-14(8-13)19-15-5-3-2-4-12(15)10-17/h2-8H,1H3. The summed E-state index contributed by atoms with van der Waals surface area (Å²) >= 11 is 0. The first kappa shape index (κ1) is 12.5. The van der Waals surface area contributed by atoms with Crippen molar-refractivity contribution in [2.75, 3.05) is 7.11 Å². The molecule has 0 amide bonds. The van der Waals surface area contributed by atoms with Crippen LogP contribution < -0.4 is 9.47 Å². The number of ether oxygens (including phenoxy) is 2. The summed E-state index contributed by atoms with van der Waals surface area (Å²) in [5.74, 6) is 1.43. The summed E-state index contributed by atoms with van der Waals surface area (Å²) in [5, 5.41) is 17.9. The minimum atomic E-state index is 0.434. The summed E-state index contributed by atoms with van der Waals surface area (Å²) in [7, 11) is 1.52. The number of nitriles is 2. The molecule has 0 fully saturated rings. The summed E-state index contributed by atoms with van der Waals surface area (Å²) in [4.78, 5) is 0. The largest absolute Gasteiger partial charge is 0.497 e. The molecule has 0 aliphatic heterocycles. The summed E-state index contributed by atoms with van der Waals surface area (Å²) in [6.07, 6.45) is 0. The number of rotatable bonds is 3. The zero-order valence-electron chi connectivity index (χ0n) is 10.3. The molecule has 4 nitrogen and oxygen atoms in total. The Bertz CT molecular complexity index is 681. The molecule has 92 valence electrons. The molecule has 0 radical (unpaired) electrons. The lowest BCUT2D eigenvalue weighted by molar-refractivity contribution is 0.408. The minimum Gasteiger partial charge on any atom is -0.497 e. The summed E-state index contributed by atoms with van der Waals surface area (Å²) in [6.45, 7) is 0. The fourth-order valence-electron chi connectivity index (χ4n) is 1.59. The van der Waals surface area contributed by atoms with Crippen molar-refractivity contribution in [3.63, 3.8) is 0 Å². The van der Waals surface area contributed by atoms with Gasteiger partial charge in [-0.25, -0.2) is 0 Å². The van der Waals surface area contributed by atoms with Gasteiger partial charge in [0.05, 0.1) is 24.3 Å². The van der Waals surface area contributed by atoms with Crippen LogP contribution in [0.3, 0.4) is 0 Å². The van der Waals surface area contributed by atoms with Gasteiger partial charge in [0.15, 0.2) is 0 Å². The molecule has 0 unspecified atom stereocenters. The molecule has 2 rings (SSSR count). The third-order valence-electron chi connectivity index (χ3n) is 2.48. The van der Waals surface area contributed by atoms with Crippen molar-refractivity contribution in [2.45, 2.75) is 0 Å². The molecule has 2 aromatic carbocycles. The Hall–Kier alpha value is -2.98. The highest BCUT2D eigenvalue weighted by Crippen LogP contribution is 2.28. The van der Waals surface area contributed by atoms with Gasteiger partial charge in [0.2, 0.25) is 0 Å². The summed E-state index contributed by atoms with van der Waals surface area (Å²) in [5.41, 5.74) is 0.868. The zero-order chi connectivity index (χ0) is 13.7. The molecule has 0 spiro atoms. The maximum atomic E-state index is 8.99. The molecule has 0 aliphatic rings.